The van der Waals surface area contributed by atoms with Crippen molar-refractivity contribution in [2.45, 2.75) is 13.0 Å². The van der Waals surface area contributed by atoms with Crippen molar-refractivity contribution in [1.29, 1.82) is 0 Å². The van der Waals surface area contributed by atoms with Crippen molar-refractivity contribution in [3.63, 3.8) is 0 Å². The van der Waals surface area contributed by atoms with Crippen LogP contribution in [0.1, 0.15) is 6.92 Å². The first kappa shape index (κ1) is 5.21. The Morgan fingerprint density at radius 3 is 2.71 bits per heavy atom. The monoisotopic (exact) mass is 208 g/mol. The summed E-state index contributed by atoms with van der Waals surface area (Å²) in [7, 11) is 0. The van der Waals surface area contributed by atoms with Crippen LogP contribution in [-0.4, -0.2) is 6.04 Å². The number of azo groups is 1. The Morgan fingerprint density at radius 1 is 1.86 bits per heavy atom. The molecule has 0 aromatic rings. The molecule has 0 amide bonds. The van der Waals surface area contributed by atoms with E-state index >= 15 is 0 Å². The van der Waals surface area contributed by atoms with E-state index in [1.807, 2.05) is 6.92 Å². The van der Waals surface area contributed by atoms with Crippen molar-refractivity contribution >= 4 is 22.6 Å². The number of hydrogen-bond donors (Lipinski definition) is 0. The molecule has 1 heterocycles. The summed E-state index contributed by atoms with van der Waals surface area (Å²) in [5.74, 6) is 0. The lowest BCUT2D eigenvalue weighted by atomic mass is 10.4. The van der Waals surface area contributed by atoms with Crippen LogP contribution >= 0.6 is 22.6 Å². The Morgan fingerprint density at radius 2 is 2.57 bits per heavy atom. The third-order valence-corrected chi connectivity index (χ3v) is 2.00. The lowest BCUT2D eigenvalue weighted by molar-refractivity contribution is 0.890. The van der Waals surface area contributed by atoms with E-state index in [2.05, 4.69) is 32.8 Å². The SMILES string of the molecule is CC1N=NC=C1I. The van der Waals surface area contributed by atoms with Gasteiger partial charge in [0.25, 0.3) is 0 Å². The second-order valence-electron chi connectivity index (χ2n) is 1.42. The second-order valence-corrected chi connectivity index (χ2v) is 2.67. The van der Waals surface area contributed by atoms with Crippen LogP contribution in [0.3, 0.4) is 0 Å². The van der Waals surface area contributed by atoms with Gasteiger partial charge in [0.05, 0.1) is 6.20 Å². The predicted molar refractivity (Wildman–Crippen MR) is 36.4 cm³/mol. The first-order valence-corrected chi connectivity index (χ1v) is 3.14. The number of rotatable bonds is 0. The molecule has 7 heavy (non-hydrogen) atoms. The molecule has 3 heteroatoms. The van der Waals surface area contributed by atoms with Gasteiger partial charge in [0.1, 0.15) is 6.04 Å². The minimum atomic E-state index is 0.320. The Bertz CT molecular complexity index is 128. The Hall–Kier alpha value is 0.0700. The van der Waals surface area contributed by atoms with Gasteiger partial charge < -0.3 is 0 Å². The Labute approximate surface area is 55.8 Å². The van der Waals surface area contributed by atoms with Crippen LogP contribution in [0.5, 0.6) is 0 Å². The highest BCUT2D eigenvalue weighted by Gasteiger charge is 2.06. The maximum absolute atomic E-state index is 3.84. The number of nitrogens with zero attached hydrogens (tertiary/aromatic N) is 2. The largest absolute Gasteiger partial charge is 0.181 e. The Kier molecular flexibility index (Phi) is 1.41. The molecule has 2 nitrogen and oxygen atoms in total. The molecule has 1 rings (SSSR count). The molecule has 0 spiro atoms. The zero-order chi connectivity index (χ0) is 5.28. The van der Waals surface area contributed by atoms with Gasteiger partial charge in [0.2, 0.25) is 0 Å². The van der Waals surface area contributed by atoms with Crippen molar-refractivity contribution in [2.75, 3.05) is 0 Å². The van der Waals surface area contributed by atoms with Crippen LogP contribution in [0.2, 0.25) is 0 Å². The second kappa shape index (κ2) is 1.90. The topological polar surface area (TPSA) is 24.7 Å². The molecule has 0 aromatic heterocycles. The van der Waals surface area contributed by atoms with E-state index in [-0.39, 0.29) is 0 Å². The molecule has 1 unspecified atom stereocenters. The van der Waals surface area contributed by atoms with Gasteiger partial charge in [0.15, 0.2) is 0 Å². The highest BCUT2D eigenvalue weighted by molar-refractivity contribution is 14.1. The van der Waals surface area contributed by atoms with E-state index in [0.29, 0.717) is 6.04 Å². The molecule has 0 radical (unpaired) electrons. The smallest absolute Gasteiger partial charge is 0.101 e. The molecule has 0 aromatic carbocycles. The van der Waals surface area contributed by atoms with Crippen LogP contribution in [0.25, 0.3) is 0 Å². The van der Waals surface area contributed by atoms with Crippen LogP contribution in [0.4, 0.5) is 0 Å². The van der Waals surface area contributed by atoms with Gasteiger partial charge in [-0.3, -0.25) is 0 Å². The van der Waals surface area contributed by atoms with Crippen molar-refractivity contribution in [2.24, 2.45) is 10.2 Å². The fourth-order valence-corrected chi connectivity index (χ4v) is 0.601. The summed E-state index contributed by atoms with van der Waals surface area (Å²) in [4.78, 5) is 0. The van der Waals surface area contributed by atoms with E-state index in [1.54, 1.807) is 6.20 Å². The van der Waals surface area contributed by atoms with Crippen molar-refractivity contribution in [3.05, 3.63) is 9.78 Å². The molecule has 1 aliphatic rings. The molecule has 0 bridgehead atoms. The number of hydrogen-bond acceptors (Lipinski definition) is 2. The average molecular weight is 208 g/mol. The fraction of sp³-hybridized carbons (Fsp3) is 0.500. The van der Waals surface area contributed by atoms with Gasteiger partial charge in [0, 0.05) is 3.58 Å². The summed E-state index contributed by atoms with van der Waals surface area (Å²) in [5, 5.41) is 7.54. The molecular weight excluding hydrogens is 203 g/mol. The van der Waals surface area contributed by atoms with Gasteiger partial charge in [-0.05, 0) is 29.5 Å². The van der Waals surface area contributed by atoms with Gasteiger partial charge in [-0.25, -0.2) is 0 Å². The molecule has 0 fully saturated rings. The molecule has 0 N–H and O–H groups in total. The molecular formula is C4H5IN2. The summed E-state index contributed by atoms with van der Waals surface area (Å²) < 4.78 is 1.22. The molecule has 0 aliphatic carbocycles. The van der Waals surface area contributed by atoms with E-state index in [1.165, 1.54) is 3.58 Å². The Balaban J connectivity index is 2.69. The summed E-state index contributed by atoms with van der Waals surface area (Å²) >= 11 is 2.23. The summed E-state index contributed by atoms with van der Waals surface area (Å²) in [6, 6.07) is 0.320. The van der Waals surface area contributed by atoms with Crippen LogP contribution in [0.15, 0.2) is 20.0 Å². The zero-order valence-electron chi connectivity index (χ0n) is 3.93. The van der Waals surface area contributed by atoms with E-state index in [4.69, 9.17) is 0 Å². The zero-order valence-corrected chi connectivity index (χ0v) is 6.08. The van der Waals surface area contributed by atoms with Crippen molar-refractivity contribution in [1.82, 2.24) is 0 Å². The van der Waals surface area contributed by atoms with Crippen LogP contribution in [-0.2, 0) is 0 Å². The summed E-state index contributed by atoms with van der Waals surface area (Å²) in [6.07, 6.45) is 1.78. The van der Waals surface area contributed by atoms with Gasteiger partial charge >= 0.3 is 0 Å². The van der Waals surface area contributed by atoms with Gasteiger partial charge in [-0.15, -0.1) is 0 Å². The van der Waals surface area contributed by atoms with Crippen LogP contribution in [0, 0.1) is 0 Å². The van der Waals surface area contributed by atoms with Crippen LogP contribution < -0.4 is 0 Å². The third kappa shape index (κ3) is 0.992. The highest BCUT2D eigenvalue weighted by atomic mass is 127. The normalized spacial score (nSPS) is 28.3. The number of halogens is 1. The maximum Gasteiger partial charge on any atom is 0.101 e. The minimum absolute atomic E-state index is 0.320. The third-order valence-electron chi connectivity index (χ3n) is 0.820. The molecule has 0 saturated heterocycles. The summed E-state index contributed by atoms with van der Waals surface area (Å²) in [6.45, 7) is 2.02. The molecule has 1 aliphatic heterocycles. The quantitative estimate of drug-likeness (QED) is 0.544. The average Bonchev–Trinajstić information content (AvgIpc) is 1.91. The minimum Gasteiger partial charge on any atom is -0.181 e. The summed E-state index contributed by atoms with van der Waals surface area (Å²) in [5.41, 5.74) is 0. The standard InChI is InChI=1S/C4H5IN2/c1-3-4(5)2-6-7-3/h2-3H,1H3. The van der Waals surface area contributed by atoms with E-state index in [9.17, 15) is 0 Å². The van der Waals surface area contributed by atoms with Gasteiger partial charge in [-0.1, -0.05) is 0 Å². The van der Waals surface area contributed by atoms with E-state index in [0.717, 1.165) is 0 Å². The molecule has 0 saturated carbocycles. The first-order valence-electron chi connectivity index (χ1n) is 2.06. The fourth-order valence-electron chi connectivity index (χ4n) is 0.352. The van der Waals surface area contributed by atoms with Gasteiger partial charge in [-0.2, -0.15) is 10.2 Å². The van der Waals surface area contributed by atoms with Crippen molar-refractivity contribution < 1.29 is 0 Å². The maximum atomic E-state index is 3.84. The highest BCUT2D eigenvalue weighted by Crippen LogP contribution is 2.19. The first-order chi connectivity index (χ1) is 3.30. The predicted octanol–water partition coefficient (Wildman–Crippen LogP) is 2.12. The molecule has 38 valence electrons. The molecule has 1 atom stereocenters. The van der Waals surface area contributed by atoms with Crippen molar-refractivity contribution in [3.8, 4) is 0 Å². The van der Waals surface area contributed by atoms with E-state index < -0.39 is 0 Å². The lowest BCUT2D eigenvalue weighted by Crippen LogP contribution is -1.88. The lowest BCUT2D eigenvalue weighted by Gasteiger charge is -1.90.